The van der Waals surface area contributed by atoms with Crippen LogP contribution >= 0.6 is 0 Å². The number of benzene rings is 2. The molecule has 1 atom stereocenters. The number of rotatable bonds is 7. The first-order valence-electron chi connectivity index (χ1n) is 8.63. The first-order valence-corrected chi connectivity index (χ1v) is 8.63. The lowest BCUT2D eigenvalue weighted by Gasteiger charge is -2.17. The van der Waals surface area contributed by atoms with Gasteiger partial charge in [-0.3, -0.25) is 0 Å². The summed E-state index contributed by atoms with van der Waals surface area (Å²) in [6, 6.07) is 16.5. The van der Waals surface area contributed by atoms with Gasteiger partial charge >= 0.3 is 12.1 Å². The number of carbonyl (C=O) groups excluding carboxylic acids is 2. The van der Waals surface area contributed by atoms with Gasteiger partial charge in [0.2, 0.25) is 0 Å². The molecule has 0 aliphatic carbocycles. The Morgan fingerprint density at radius 3 is 2.19 bits per heavy atom. The third-order valence-electron chi connectivity index (χ3n) is 4.08. The second kappa shape index (κ2) is 9.61. The van der Waals surface area contributed by atoms with Crippen LogP contribution in [0.1, 0.15) is 36.5 Å². The highest BCUT2D eigenvalue weighted by Gasteiger charge is 2.22. The van der Waals surface area contributed by atoms with Crippen LogP contribution in [0.4, 0.5) is 4.79 Å². The Hall–Kier alpha value is -2.82. The predicted molar refractivity (Wildman–Crippen MR) is 99.8 cm³/mol. The van der Waals surface area contributed by atoms with E-state index in [2.05, 4.69) is 19.2 Å². The van der Waals surface area contributed by atoms with Crippen molar-refractivity contribution in [1.82, 2.24) is 5.32 Å². The Kier molecular flexibility index (Phi) is 7.21. The highest BCUT2D eigenvalue weighted by Crippen LogP contribution is 2.16. The zero-order valence-corrected chi connectivity index (χ0v) is 15.4. The topological polar surface area (TPSA) is 64.6 Å². The minimum atomic E-state index is -0.798. The lowest BCUT2D eigenvalue weighted by molar-refractivity contribution is -0.143. The number of alkyl carbamates (subject to hydrolysis) is 1. The van der Waals surface area contributed by atoms with Gasteiger partial charge in [0.05, 0.1) is 7.11 Å². The molecule has 1 N–H and O–H groups in total. The fourth-order valence-electron chi connectivity index (χ4n) is 2.52. The largest absolute Gasteiger partial charge is 0.467 e. The molecule has 0 saturated heterocycles. The fraction of sp³-hybridized carbons (Fsp3) is 0.333. The summed E-state index contributed by atoms with van der Waals surface area (Å²) in [5.74, 6) is -0.0684. The molecule has 0 bridgehead atoms. The van der Waals surface area contributed by atoms with Gasteiger partial charge in [-0.05, 0) is 22.6 Å². The van der Waals surface area contributed by atoms with Crippen molar-refractivity contribution in [3.8, 4) is 0 Å². The maximum absolute atomic E-state index is 12.0. The van der Waals surface area contributed by atoms with Gasteiger partial charge in [-0.15, -0.1) is 0 Å². The quantitative estimate of drug-likeness (QED) is 0.767. The second-order valence-corrected chi connectivity index (χ2v) is 6.38. The molecule has 2 aromatic carbocycles. The molecule has 1 amide bonds. The summed E-state index contributed by atoms with van der Waals surface area (Å²) >= 11 is 0. The zero-order chi connectivity index (χ0) is 18.9. The van der Waals surface area contributed by atoms with Gasteiger partial charge in [0.1, 0.15) is 12.6 Å². The van der Waals surface area contributed by atoms with E-state index in [1.165, 1.54) is 12.7 Å². The number of amides is 1. The molecule has 0 aliphatic heterocycles. The van der Waals surface area contributed by atoms with Crippen LogP contribution in [0.5, 0.6) is 0 Å². The SMILES string of the molecule is COC(=O)C(Cc1ccc(C(C)C)cc1)NC(=O)OCc1ccccc1. The highest BCUT2D eigenvalue weighted by atomic mass is 16.6. The van der Waals surface area contributed by atoms with Gasteiger partial charge < -0.3 is 14.8 Å². The zero-order valence-electron chi connectivity index (χ0n) is 15.4. The average Bonchev–Trinajstić information content (AvgIpc) is 2.66. The normalized spacial score (nSPS) is 11.7. The molecular formula is C21H25NO4. The molecule has 0 heterocycles. The summed E-state index contributed by atoms with van der Waals surface area (Å²) in [6.45, 7) is 4.39. The molecule has 0 aromatic heterocycles. The number of hydrogen-bond donors (Lipinski definition) is 1. The molecule has 1 unspecified atom stereocenters. The second-order valence-electron chi connectivity index (χ2n) is 6.38. The van der Waals surface area contributed by atoms with Gasteiger partial charge in [0.15, 0.2) is 0 Å². The number of methoxy groups -OCH3 is 1. The van der Waals surface area contributed by atoms with Crippen LogP contribution in [-0.2, 0) is 27.3 Å². The van der Waals surface area contributed by atoms with E-state index in [1.54, 1.807) is 0 Å². The summed E-state index contributed by atoms with van der Waals surface area (Å²) < 4.78 is 9.98. The van der Waals surface area contributed by atoms with E-state index in [-0.39, 0.29) is 6.61 Å². The van der Waals surface area contributed by atoms with E-state index in [0.717, 1.165) is 11.1 Å². The van der Waals surface area contributed by atoms with Crippen molar-refractivity contribution in [2.75, 3.05) is 7.11 Å². The number of ether oxygens (including phenoxy) is 2. The maximum Gasteiger partial charge on any atom is 0.408 e. The minimum absolute atomic E-state index is 0.143. The van der Waals surface area contributed by atoms with E-state index in [4.69, 9.17) is 9.47 Å². The average molecular weight is 355 g/mol. The van der Waals surface area contributed by atoms with Crippen molar-refractivity contribution in [2.45, 2.75) is 38.8 Å². The van der Waals surface area contributed by atoms with Crippen LogP contribution in [-0.4, -0.2) is 25.2 Å². The van der Waals surface area contributed by atoms with Crippen molar-refractivity contribution >= 4 is 12.1 Å². The number of hydrogen-bond acceptors (Lipinski definition) is 4. The van der Waals surface area contributed by atoms with Gasteiger partial charge in [0, 0.05) is 6.42 Å². The molecule has 2 rings (SSSR count). The molecule has 0 saturated carbocycles. The van der Waals surface area contributed by atoms with E-state index in [0.29, 0.717) is 12.3 Å². The van der Waals surface area contributed by atoms with Crippen molar-refractivity contribution in [3.63, 3.8) is 0 Å². The summed E-state index contributed by atoms with van der Waals surface area (Å²) in [5, 5.41) is 2.59. The molecular weight excluding hydrogens is 330 g/mol. The third-order valence-corrected chi connectivity index (χ3v) is 4.08. The number of carbonyl (C=O) groups is 2. The molecule has 26 heavy (non-hydrogen) atoms. The summed E-state index contributed by atoms with van der Waals surface area (Å²) in [4.78, 5) is 24.0. The smallest absolute Gasteiger partial charge is 0.408 e. The van der Waals surface area contributed by atoms with Crippen LogP contribution in [0, 0.1) is 0 Å². The number of nitrogens with one attached hydrogen (secondary N) is 1. The van der Waals surface area contributed by atoms with Crippen LogP contribution in [0.2, 0.25) is 0 Å². The minimum Gasteiger partial charge on any atom is -0.467 e. The lowest BCUT2D eigenvalue weighted by Crippen LogP contribution is -2.43. The molecule has 0 aliphatic rings. The Bertz CT molecular complexity index is 711. The molecule has 0 radical (unpaired) electrons. The van der Waals surface area contributed by atoms with Crippen molar-refractivity contribution in [3.05, 3.63) is 71.3 Å². The van der Waals surface area contributed by atoms with Gasteiger partial charge in [0.25, 0.3) is 0 Å². The Labute approximate surface area is 154 Å². The van der Waals surface area contributed by atoms with Crippen molar-refractivity contribution < 1.29 is 19.1 Å². The lowest BCUT2D eigenvalue weighted by atomic mass is 9.99. The molecule has 5 nitrogen and oxygen atoms in total. The molecule has 0 fully saturated rings. The summed E-state index contributed by atoms with van der Waals surface area (Å²) in [6.07, 6.45) is -0.311. The summed E-state index contributed by atoms with van der Waals surface area (Å²) in [7, 11) is 1.30. The van der Waals surface area contributed by atoms with Crippen LogP contribution < -0.4 is 5.32 Å². The molecule has 5 heteroatoms. The van der Waals surface area contributed by atoms with E-state index < -0.39 is 18.1 Å². The van der Waals surface area contributed by atoms with Crippen molar-refractivity contribution in [2.24, 2.45) is 0 Å². The third kappa shape index (κ3) is 5.92. The van der Waals surface area contributed by atoms with Crippen LogP contribution in [0.25, 0.3) is 0 Å². The molecule has 0 spiro atoms. The summed E-state index contributed by atoms with van der Waals surface area (Å²) in [5.41, 5.74) is 3.04. The van der Waals surface area contributed by atoms with E-state index >= 15 is 0 Å². The van der Waals surface area contributed by atoms with Crippen LogP contribution in [0.3, 0.4) is 0 Å². The van der Waals surface area contributed by atoms with Gasteiger partial charge in [-0.1, -0.05) is 68.4 Å². The van der Waals surface area contributed by atoms with E-state index in [1.807, 2.05) is 54.6 Å². The fourth-order valence-corrected chi connectivity index (χ4v) is 2.52. The first kappa shape index (κ1) is 19.5. The number of esters is 1. The predicted octanol–water partition coefficient (Wildman–Crippen LogP) is 3.82. The highest BCUT2D eigenvalue weighted by molar-refractivity contribution is 5.81. The Morgan fingerprint density at radius 1 is 0.962 bits per heavy atom. The van der Waals surface area contributed by atoms with Gasteiger partial charge in [-0.2, -0.15) is 0 Å². The standard InChI is InChI=1S/C21H25NO4/c1-15(2)18-11-9-16(10-12-18)13-19(20(23)25-3)22-21(24)26-14-17-7-5-4-6-8-17/h4-12,15,19H,13-14H2,1-3H3,(H,22,24). The molecule has 2 aromatic rings. The first-order chi connectivity index (χ1) is 12.5. The maximum atomic E-state index is 12.0. The Balaban J connectivity index is 1.95. The monoisotopic (exact) mass is 355 g/mol. The van der Waals surface area contributed by atoms with E-state index in [9.17, 15) is 9.59 Å². The van der Waals surface area contributed by atoms with Crippen molar-refractivity contribution in [1.29, 1.82) is 0 Å². The Morgan fingerprint density at radius 2 is 1.62 bits per heavy atom. The van der Waals surface area contributed by atoms with Gasteiger partial charge in [-0.25, -0.2) is 9.59 Å². The molecule has 138 valence electrons. The van der Waals surface area contributed by atoms with Crippen LogP contribution in [0.15, 0.2) is 54.6 Å².